The molecular formula is C17H19N7O2. The minimum Gasteiger partial charge on any atom is -0.378 e. The number of pyridine rings is 1. The number of nitrogens with one attached hydrogen (secondary N) is 3. The lowest BCUT2D eigenvalue weighted by atomic mass is 10.1. The highest BCUT2D eigenvalue weighted by Crippen LogP contribution is 2.23. The molecule has 0 radical (unpaired) electrons. The summed E-state index contributed by atoms with van der Waals surface area (Å²) < 4.78 is 7.18. The average molecular weight is 353 g/mol. The normalized spacial score (nSPS) is 17.2. The van der Waals surface area contributed by atoms with Crippen LogP contribution in [0, 0.1) is 0 Å². The van der Waals surface area contributed by atoms with Gasteiger partial charge in [0, 0.05) is 31.5 Å². The van der Waals surface area contributed by atoms with Crippen LogP contribution >= 0.6 is 0 Å². The van der Waals surface area contributed by atoms with Crippen molar-refractivity contribution < 1.29 is 9.53 Å². The van der Waals surface area contributed by atoms with Gasteiger partial charge < -0.3 is 15.4 Å². The molecule has 9 heteroatoms. The number of ether oxygens (including phenoxy) is 1. The summed E-state index contributed by atoms with van der Waals surface area (Å²) in [4.78, 5) is 17.1. The van der Waals surface area contributed by atoms with Gasteiger partial charge in [-0.25, -0.2) is 4.98 Å². The molecular weight excluding hydrogens is 334 g/mol. The van der Waals surface area contributed by atoms with Crippen LogP contribution < -0.4 is 10.6 Å². The fourth-order valence-electron chi connectivity index (χ4n) is 2.90. The van der Waals surface area contributed by atoms with Gasteiger partial charge in [-0.1, -0.05) is 6.07 Å². The highest BCUT2D eigenvalue weighted by Gasteiger charge is 2.23. The van der Waals surface area contributed by atoms with Gasteiger partial charge in [-0.3, -0.25) is 14.6 Å². The third-order valence-electron chi connectivity index (χ3n) is 4.13. The molecule has 1 aliphatic rings. The Morgan fingerprint density at radius 1 is 1.42 bits per heavy atom. The van der Waals surface area contributed by atoms with Crippen molar-refractivity contribution in [2.75, 3.05) is 25.1 Å². The lowest BCUT2D eigenvalue weighted by Gasteiger charge is -2.23. The molecule has 0 saturated carbocycles. The van der Waals surface area contributed by atoms with Crippen LogP contribution in [0.2, 0.25) is 0 Å². The van der Waals surface area contributed by atoms with E-state index in [0.717, 1.165) is 17.8 Å². The van der Waals surface area contributed by atoms with Gasteiger partial charge in [-0.05, 0) is 12.1 Å². The van der Waals surface area contributed by atoms with Crippen molar-refractivity contribution in [1.29, 1.82) is 0 Å². The molecule has 0 aromatic carbocycles. The number of aryl methyl sites for hydroxylation is 1. The number of nitrogens with zero attached hydrogens (tertiary/aromatic N) is 4. The summed E-state index contributed by atoms with van der Waals surface area (Å²) in [5.74, 6) is -0.290. The number of H-pyrrole nitrogens is 1. The maximum atomic E-state index is 12.7. The van der Waals surface area contributed by atoms with Crippen LogP contribution in [0.15, 0.2) is 36.8 Å². The van der Waals surface area contributed by atoms with Gasteiger partial charge in [0.25, 0.3) is 5.91 Å². The third kappa shape index (κ3) is 3.35. The van der Waals surface area contributed by atoms with Crippen LogP contribution in [-0.2, 0) is 11.8 Å². The molecule has 3 N–H and O–H groups in total. The smallest absolute Gasteiger partial charge is 0.274 e. The zero-order valence-electron chi connectivity index (χ0n) is 14.3. The first-order valence-electron chi connectivity index (χ1n) is 8.33. The minimum absolute atomic E-state index is 0.0505. The summed E-state index contributed by atoms with van der Waals surface area (Å²) in [6, 6.07) is 5.26. The number of hydrogen-bond acceptors (Lipinski definition) is 6. The van der Waals surface area contributed by atoms with Crippen molar-refractivity contribution in [1.82, 2.24) is 30.3 Å². The first kappa shape index (κ1) is 16.4. The SMILES string of the molecule is Cn1cc(NC(=O)c2cccc(-c3cn[nH]c3)n2)c(C2COCCN2)n1. The Labute approximate surface area is 149 Å². The van der Waals surface area contributed by atoms with Gasteiger partial charge in [0.15, 0.2) is 0 Å². The van der Waals surface area contributed by atoms with E-state index >= 15 is 0 Å². The summed E-state index contributed by atoms with van der Waals surface area (Å²) in [6.45, 7) is 1.95. The molecule has 26 heavy (non-hydrogen) atoms. The molecule has 0 aliphatic carbocycles. The fraction of sp³-hybridized carbons (Fsp3) is 0.294. The predicted molar refractivity (Wildman–Crippen MR) is 94.5 cm³/mol. The first-order valence-corrected chi connectivity index (χ1v) is 8.33. The molecule has 3 aromatic heterocycles. The van der Waals surface area contributed by atoms with E-state index in [1.165, 1.54) is 0 Å². The summed E-state index contributed by atoms with van der Waals surface area (Å²) in [5, 5.41) is 17.4. The molecule has 1 unspecified atom stereocenters. The Kier molecular flexibility index (Phi) is 4.46. The Morgan fingerprint density at radius 3 is 3.12 bits per heavy atom. The predicted octanol–water partition coefficient (Wildman–Crippen LogP) is 1.12. The molecule has 1 amide bonds. The summed E-state index contributed by atoms with van der Waals surface area (Å²) in [5.41, 5.74) is 3.24. The number of aromatic nitrogens is 5. The number of morpholine rings is 1. The van der Waals surface area contributed by atoms with Gasteiger partial charge in [-0.15, -0.1) is 0 Å². The van der Waals surface area contributed by atoms with Crippen LogP contribution in [0.5, 0.6) is 0 Å². The zero-order chi connectivity index (χ0) is 17.9. The van der Waals surface area contributed by atoms with Crippen LogP contribution in [0.4, 0.5) is 5.69 Å². The van der Waals surface area contributed by atoms with Crippen molar-refractivity contribution >= 4 is 11.6 Å². The molecule has 1 saturated heterocycles. The molecule has 1 atom stereocenters. The van der Waals surface area contributed by atoms with E-state index in [0.29, 0.717) is 30.3 Å². The van der Waals surface area contributed by atoms with E-state index in [4.69, 9.17) is 4.74 Å². The quantitative estimate of drug-likeness (QED) is 0.648. The number of amides is 1. The highest BCUT2D eigenvalue weighted by molar-refractivity contribution is 6.03. The Balaban J connectivity index is 1.56. The van der Waals surface area contributed by atoms with Crippen LogP contribution in [0.1, 0.15) is 22.2 Å². The van der Waals surface area contributed by atoms with Gasteiger partial charge in [0.2, 0.25) is 0 Å². The molecule has 0 spiro atoms. The second kappa shape index (κ2) is 7.06. The van der Waals surface area contributed by atoms with E-state index in [-0.39, 0.29) is 11.9 Å². The molecule has 0 bridgehead atoms. The first-order chi connectivity index (χ1) is 12.7. The average Bonchev–Trinajstić information content (AvgIpc) is 3.32. The number of anilines is 1. The van der Waals surface area contributed by atoms with Gasteiger partial charge in [0.1, 0.15) is 11.4 Å². The summed E-state index contributed by atoms with van der Waals surface area (Å²) >= 11 is 0. The van der Waals surface area contributed by atoms with E-state index in [2.05, 4.69) is 30.9 Å². The molecule has 1 fully saturated rings. The number of carbonyl (C=O) groups excluding carboxylic acids is 1. The maximum Gasteiger partial charge on any atom is 0.274 e. The minimum atomic E-state index is -0.290. The van der Waals surface area contributed by atoms with Gasteiger partial charge in [-0.2, -0.15) is 10.2 Å². The number of rotatable bonds is 4. The van der Waals surface area contributed by atoms with Crippen molar-refractivity contribution in [2.24, 2.45) is 7.05 Å². The topological polar surface area (TPSA) is 110 Å². The number of carbonyl (C=O) groups is 1. The Bertz CT molecular complexity index is 898. The molecule has 9 nitrogen and oxygen atoms in total. The summed E-state index contributed by atoms with van der Waals surface area (Å²) in [6.07, 6.45) is 5.18. The van der Waals surface area contributed by atoms with Crippen LogP contribution in [-0.4, -0.2) is 50.6 Å². The van der Waals surface area contributed by atoms with Gasteiger partial charge >= 0.3 is 0 Å². The lowest BCUT2D eigenvalue weighted by Crippen LogP contribution is -2.35. The van der Waals surface area contributed by atoms with E-state index < -0.39 is 0 Å². The Morgan fingerprint density at radius 2 is 2.35 bits per heavy atom. The van der Waals surface area contributed by atoms with Crippen LogP contribution in [0.25, 0.3) is 11.3 Å². The van der Waals surface area contributed by atoms with E-state index in [1.54, 1.807) is 35.4 Å². The molecule has 3 aromatic rings. The highest BCUT2D eigenvalue weighted by atomic mass is 16.5. The maximum absolute atomic E-state index is 12.7. The van der Waals surface area contributed by atoms with E-state index in [1.807, 2.05) is 13.1 Å². The van der Waals surface area contributed by atoms with Gasteiger partial charge in [0.05, 0.1) is 36.8 Å². The fourth-order valence-corrected chi connectivity index (χ4v) is 2.90. The van der Waals surface area contributed by atoms with Crippen molar-refractivity contribution in [3.05, 3.63) is 48.2 Å². The standard InChI is InChI=1S/C17H19N7O2/c1-24-9-14(16(23-24)15-10-26-6-5-18-15)22-17(25)13-4-2-3-12(21-13)11-7-19-20-8-11/h2-4,7-9,15,18H,5-6,10H2,1H3,(H,19,20)(H,22,25). The Hall–Kier alpha value is -3.04. The van der Waals surface area contributed by atoms with E-state index in [9.17, 15) is 4.79 Å². The molecule has 4 heterocycles. The largest absolute Gasteiger partial charge is 0.378 e. The molecule has 134 valence electrons. The number of aromatic amines is 1. The van der Waals surface area contributed by atoms with Crippen molar-refractivity contribution in [3.8, 4) is 11.3 Å². The van der Waals surface area contributed by atoms with Crippen LogP contribution in [0.3, 0.4) is 0 Å². The lowest BCUT2D eigenvalue weighted by molar-refractivity contribution is 0.0755. The molecule has 1 aliphatic heterocycles. The van der Waals surface area contributed by atoms with Crippen molar-refractivity contribution in [2.45, 2.75) is 6.04 Å². The monoisotopic (exact) mass is 353 g/mol. The molecule has 4 rings (SSSR count). The third-order valence-corrected chi connectivity index (χ3v) is 4.13. The second-order valence-electron chi connectivity index (χ2n) is 6.03. The zero-order valence-corrected chi connectivity index (χ0v) is 14.3. The summed E-state index contributed by atoms with van der Waals surface area (Å²) in [7, 11) is 1.82. The second-order valence-corrected chi connectivity index (χ2v) is 6.03. The number of hydrogen-bond donors (Lipinski definition) is 3. The van der Waals surface area contributed by atoms with Crippen molar-refractivity contribution in [3.63, 3.8) is 0 Å².